The third-order valence-corrected chi connectivity index (χ3v) is 7.49. The predicted octanol–water partition coefficient (Wildman–Crippen LogP) is 5.23. The maximum Gasteiger partial charge on any atom is 0.295 e. The molecule has 0 aliphatic carbocycles. The first-order valence-electron chi connectivity index (χ1n) is 9.29. The topological polar surface area (TPSA) is 74.7 Å². The van der Waals surface area contributed by atoms with Gasteiger partial charge in [-0.2, -0.15) is 0 Å². The Bertz CT molecular complexity index is 1280. The molecule has 4 rings (SSSR count). The van der Waals surface area contributed by atoms with Crippen LogP contribution in [0, 0.1) is 12.7 Å². The summed E-state index contributed by atoms with van der Waals surface area (Å²) in [5.74, 6) is -2.19. The Morgan fingerprint density at radius 3 is 2.10 bits per heavy atom. The summed E-state index contributed by atoms with van der Waals surface area (Å²) in [6, 6.07) is 16.8. The van der Waals surface area contributed by atoms with Crippen LogP contribution in [0.4, 0.5) is 10.1 Å². The number of anilines is 1. The summed E-state index contributed by atoms with van der Waals surface area (Å²) in [6.07, 6.45) is 0. The zero-order valence-electron chi connectivity index (χ0n) is 16.3. The number of sulfone groups is 1. The SMILES string of the molecule is Cc1ccc(S(=O)(=O)C2=C(O)C(=O)N(c3ccc(Br)cc3)[C@H]2c2ccc(F)cc2)cc1. The van der Waals surface area contributed by atoms with Gasteiger partial charge in [0.25, 0.3) is 5.91 Å². The van der Waals surface area contributed by atoms with Crippen LogP contribution in [-0.4, -0.2) is 19.4 Å². The zero-order valence-corrected chi connectivity index (χ0v) is 18.7. The summed E-state index contributed by atoms with van der Waals surface area (Å²) < 4.78 is 41.3. The van der Waals surface area contributed by atoms with Gasteiger partial charge in [0, 0.05) is 10.2 Å². The lowest BCUT2D eigenvalue weighted by Crippen LogP contribution is -2.31. The Morgan fingerprint density at radius 2 is 1.52 bits per heavy atom. The van der Waals surface area contributed by atoms with Crippen LogP contribution in [0.5, 0.6) is 0 Å². The van der Waals surface area contributed by atoms with Crippen LogP contribution in [0.25, 0.3) is 0 Å². The number of hydrogen-bond acceptors (Lipinski definition) is 4. The maximum atomic E-state index is 13.6. The third-order valence-electron chi connectivity index (χ3n) is 5.07. The molecule has 0 unspecified atom stereocenters. The summed E-state index contributed by atoms with van der Waals surface area (Å²) >= 11 is 3.33. The number of rotatable bonds is 4. The normalized spacial score (nSPS) is 16.8. The Kier molecular flexibility index (Phi) is 5.45. The highest BCUT2D eigenvalue weighted by atomic mass is 79.9. The van der Waals surface area contributed by atoms with Crippen LogP contribution in [-0.2, 0) is 14.6 Å². The second kappa shape index (κ2) is 7.94. The Labute approximate surface area is 187 Å². The van der Waals surface area contributed by atoms with E-state index in [4.69, 9.17) is 0 Å². The maximum absolute atomic E-state index is 13.6. The number of aliphatic hydroxyl groups excluding tert-OH is 1. The van der Waals surface area contributed by atoms with E-state index in [-0.39, 0.29) is 4.90 Å². The molecule has 1 aliphatic heterocycles. The Morgan fingerprint density at radius 1 is 0.935 bits per heavy atom. The van der Waals surface area contributed by atoms with Gasteiger partial charge < -0.3 is 5.11 Å². The molecule has 31 heavy (non-hydrogen) atoms. The zero-order chi connectivity index (χ0) is 22.3. The molecule has 1 amide bonds. The second-order valence-corrected chi connectivity index (χ2v) is 9.97. The summed E-state index contributed by atoms with van der Waals surface area (Å²) in [6.45, 7) is 1.82. The number of aryl methyl sites for hydroxylation is 1. The van der Waals surface area contributed by atoms with Crippen LogP contribution < -0.4 is 4.90 Å². The van der Waals surface area contributed by atoms with E-state index in [0.29, 0.717) is 11.3 Å². The van der Waals surface area contributed by atoms with Crippen molar-refractivity contribution in [2.24, 2.45) is 0 Å². The van der Waals surface area contributed by atoms with Gasteiger partial charge in [0.2, 0.25) is 9.84 Å². The van der Waals surface area contributed by atoms with Gasteiger partial charge in [-0.1, -0.05) is 45.8 Å². The number of hydrogen-bond donors (Lipinski definition) is 1. The van der Waals surface area contributed by atoms with Gasteiger partial charge in [0.1, 0.15) is 16.8 Å². The van der Waals surface area contributed by atoms with Gasteiger partial charge in [-0.15, -0.1) is 0 Å². The lowest BCUT2D eigenvalue weighted by Gasteiger charge is -2.27. The molecule has 3 aromatic carbocycles. The first-order valence-corrected chi connectivity index (χ1v) is 11.6. The smallest absolute Gasteiger partial charge is 0.295 e. The van der Waals surface area contributed by atoms with E-state index in [1.807, 2.05) is 6.92 Å². The first kappa shape index (κ1) is 21.3. The van der Waals surface area contributed by atoms with E-state index in [1.54, 1.807) is 36.4 Å². The summed E-state index contributed by atoms with van der Waals surface area (Å²) in [5.41, 5.74) is 1.61. The first-order chi connectivity index (χ1) is 14.7. The Hall–Kier alpha value is -2.97. The predicted molar refractivity (Wildman–Crippen MR) is 119 cm³/mol. The molecule has 0 fully saturated rings. The Balaban J connectivity index is 1.93. The minimum Gasteiger partial charge on any atom is -0.502 e. The second-order valence-electron chi connectivity index (χ2n) is 7.14. The molecule has 8 heteroatoms. The van der Waals surface area contributed by atoms with Crippen molar-refractivity contribution in [3.05, 3.63) is 105 Å². The summed E-state index contributed by atoms with van der Waals surface area (Å²) in [7, 11) is -4.23. The molecule has 0 saturated heterocycles. The van der Waals surface area contributed by atoms with Crippen LogP contribution >= 0.6 is 15.9 Å². The van der Waals surface area contributed by atoms with Gasteiger partial charge >= 0.3 is 0 Å². The van der Waals surface area contributed by atoms with E-state index in [9.17, 15) is 22.7 Å². The minimum absolute atomic E-state index is 0.0442. The van der Waals surface area contributed by atoms with Gasteiger partial charge in [-0.3, -0.25) is 9.69 Å². The minimum atomic E-state index is -4.23. The summed E-state index contributed by atoms with van der Waals surface area (Å²) in [4.78, 5) is 13.8. The van der Waals surface area contributed by atoms with Crippen molar-refractivity contribution in [1.29, 1.82) is 0 Å². The number of halogens is 2. The molecule has 158 valence electrons. The van der Waals surface area contributed by atoms with E-state index >= 15 is 0 Å². The highest BCUT2D eigenvalue weighted by Gasteiger charge is 2.47. The highest BCUT2D eigenvalue weighted by Crippen LogP contribution is 2.44. The largest absolute Gasteiger partial charge is 0.502 e. The average molecular weight is 502 g/mol. The van der Waals surface area contributed by atoms with Crippen molar-refractivity contribution in [2.75, 3.05) is 4.90 Å². The van der Waals surface area contributed by atoms with Gasteiger partial charge in [0.15, 0.2) is 5.76 Å². The van der Waals surface area contributed by atoms with Gasteiger partial charge in [0.05, 0.1) is 4.90 Å². The lowest BCUT2D eigenvalue weighted by molar-refractivity contribution is -0.117. The van der Waals surface area contributed by atoms with Gasteiger partial charge in [-0.25, -0.2) is 12.8 Å². The number of carbonyl (C=O) groups is 1. The standard InChI is InChI=1S/C23H17BrFNO4S/c1-14-2-12-19(13-3-14)31(29,30)22-20(15-4-8-17(25)9-5-15)26(23(28)21(22)27)18-10-6-16(24)7-11-18/h2-13,20,27H,1H3/t20-/m0/s1. The fourth-order valence-electron chi connectivity index (χ4n) is 3.52. The molecule has 1 heterocycles. The lowest BCUT2D eigenvalue weighted by atomic mass is 10.1. The fourth-order valence-corrected chi connectivity index (χ4v) is 5.41. The van der Waals surface area contributed by atoms with Crippen LogP contribution in [0.15, 0.2) is 92.8 Å². The molecule has 0 saturated carbocycles. The number of carbonyl (C=O) groups excluding carboxylic acids is 1. The summed E-state index contributed by atoms with van der Waals surface area (Å²) in [5, 5.41) is 10.7. The van der Waals surface area contributed by atoms with Crippen LogP contribution in [0.3, 0.4) is 0 Å². The molecule has 0 bridgehead atoms. The highest BCUT2D eigenvalue weighted by molar-refractivity contribution is 9.10. The van der Waals surface area contributed by atoms with Crippen LogP contribution in [0.1, 0.15) is 17.2 Å². The molecular formula is C23H17BrFNO4S. The fraction of sp³-hybridized carbons (Fsp3) is 0.0870. The third kappa shape index (κ3) is 3.77. The monoisotopic (exact) mass is 501 g/mol. The molecule has 3 aromatic rings. The van der Waals surface area contributed by atoms with E-state index in [1.165, 1.54) is 41.3 Å². The number of amides is 1. The molecule has 1 N–H and O–H groups in total. The number of nitrogens with zero attached hydrogens (tertiary/aromatic N) is 1. The number of aliphatic hydroxyl groups is 1. The molecule has 5 nitrogen and oxygen atoms in total. The van der Waals surface area contributed by atoms with Crippen molar-refractivity contribution < 1.29 is 22.7 Å². The van der Waals surface area contributed by atoms with Crippen molar-refractivity contribution >= 4 is 37.4 Å². The molecule has 0 aromatic heterocycles. The van der Waals surface area contributed by atoms with Crippen molar-refractivity contribution in [3.8, 4) is 0 Å². The van der Waals surface area contributed by atoms with Gasteiger partial charge in [-0.05, 0) is 61.0 Å². The van der Waals surface area contributed by atoms with Crippen LogP contribution in [0.2, 0.25) is 0 Å². The van der Waals surface area contributed by atoms with E-state index < -0.39 is 38.3 Å². The average Bonchev–Trinajstić information content (AvgIpc) is 3.01. The molecule has 1 aliphatic rings. The molecule has 1 atom stereocenters. The van der Waals surface area contributed by atoms with E-state index in [0.717, 1.165) is 10.0 Å². The molecular weight excluding hydrogens is 485 g/mol. The quantitative estimate of drug-likeness (QED) is 0.531. The van der Waals surface area contributed by atoms with Crippen molar-refractivity contribution in [1.82, 2.24) is 0 Å². The van der Waals surface area contributed by atoms with E-state index in [2.05, 4.69) is 15.9 Å². The number of benzene rings is 3. The molecule has 0 spiro atoms. The molecule has 0 radical (unpaired) electrons. The van der Waals surface area contributed by atoms with Crippen molar-refractivity contribution in [3.63, 3.8) is 0 Å². The van der Waals surface area contributed by atoms with Crippen molar-refractivity contribution in [2.45, 2.75) is 17.9 Å².